The molecule has 0 atom stereocenters. The molecular formula is C9H5F8NO. The summed E-state index contributed by atoms with van der Waals surface area (Å²) < 4.78 is 101. The van der Waals surface area contributed by atoms with Gasteiger partial charge in [-0.25, -0.2) is 8.78 Å². The number of aliphatic hydroxyl groups is 1. The Morgan fingerprint density at radius 2 is 1.26 bits per heavy atom. The molecule has 0 saturated heterocycles. The van der Waals surface area contributed by atoms with Gasteiger partial charge >= 0.3 is 12.4 Å². The lowest BCUT2D eigenvalue weighted by atomic mass is 9.91. The van der Waals surface area contributed by atoms with E-state index in [9.17, 15) is 35.1 Å². The summed E-state index contributed by atoms with van der Waals surface area (Å²) in [5.41, 5.74) is -4.04. The molecular weight excluding hydrogens is 290 g/mol. The highest BCUT2D eigenvalue weighted by atomic mass is 19.4. The van der Waals surface area contributed by atoms with Gasteiger partial charge in [0.15, 0.2) is 11.6 Å². The largest absolute Gasteiger partial charge is 0.430 e. The number of nitrogens with two attached hydrogens (primary N) is 1. The Bertz CT molecular complexity index is 478. The summed E-state index contributed by atoms with van der Waals surface area (Å²) >= 11 is 0. The van der Waals surface area contributed by atoms with Gasteiger partial charge in [-0.1, -0.05) is 6.07 Å². The zero-order chi connectivity index (χ0) is 15.2. The molecule has 0 fully saturated rings. The van der Waals surface area contributed by atoms with Crippen molar-refractivity contribution in [2.75, 3.05) is 5.73 Å². The van der Waals surface area contributed by atoms with E-state index in [0.29, 0.717) is 0 Å². The second-order valence-electron chi connectivity index (χ2n) is 3.54. The first-order valence-corrected chi connectivity index (χ1v) is 4.43. The predicted molar refractivity (Wildman–Crippen MR) is 46.8 cm³/mol. The molecule has 0 spiro atoms. The predicted octanol–water partition coefficient (Wildman–Crippen LogP) is 2.86. The number of anilines is 1. The maximum Gasteiger partial charge on any atom is 0.430 e. The normalized spacial score (nSPS) is 13.7. The molecule has 0 aliphatic heterocycles. The lowest BCUT2D eigenvalue weighted by Gasteiger charge is -2.32. The van der Waals surface area contributed by atoms with Crippen molar-refractivity contribution >= 4 is 5.69 Å². The van der Waals surface area contributed by atoms with Crippen LogP contribution in [0.2, 0.25) is 0 Å². The van der Waals surface area contributed by atoms with E-state index in [1.165, 1.54) is 0 Å². The molecule has 0 saturated carbocycles. The minimum Gasteiger partial charge on any atom is -0.396 e. The van der Waals surface area contributed by atoms with Crippen molar-refractivity contribution in [2.24, 2.45) is 0 Å². The van der Waals surface area contributed by atoms with Gasteiger partial charge in [-0.2, -0.15) is 26.3 Å². The number of halogens is 8. The lowest BCUT2D eigenvalue weighted by Crippen LogP contribution is -2.54. The highest BCUT2D eigenvalue weighted by Gasteiger charge is 2.72. The van der Waals surface area contributed by atoms with Crippen LogP contribution in [0.1, 0.15) is 5.56 Å². The molecule has 10 heteroatoms. The maximum absolute atomic E-state index is 13.2. The molecule has 3 N–H and O–H groups in total. The van der Waals surface area contributed by atoms with Crippen molar-refractivity contribution in [3.8, 4) is 0 Å². The minimum atomic E-state index is -6.30. The third kappa shape index (κ3) is 2.20. The molecule has 108 valence electrons. The van der Waals surface area contributed by atoms with E-state index >= 15 is 0 Å². The average Bonchev–Trinajstić information content (AvgIpc) is 2.22. The van der Waals surface area contributed by atoms with Gasteiger partial charge in [0, 0.05) is 5.56 Å². The van der Waals surface area contributed by atoms with Crippen LogP contribution < -0.4 is 5.73 Å². The first-order valence-electron chi connectivity index (χ1n) is 4.43. The van der Waals surface area contributed by atoms with Gasteiger partial charge in [-0.3, -0.25) is 0 Å². The highest BCUT2D eigenvalue weighted by Crippen LogP contribution is 2.51. The summed E-state index contributed by atoms with van der Waals surface area (Å²) in [6, 6.07) is 0.213. The van der Waals surface area contributed by atoms with E-state index in [2.05, 4.69) is 0 Å². The molecule has 0 aliphatic carbocycles. The molecule has 0 unspecified atom stereocenters. The van der Waals surface area contributed by atoms with Gasteiger partial charge in [0.1, 0.15) is 0 Å². The van der Waals surface area contributed by atoms with Crippen LogP contribution in [-0.2, 0) is 5.60 Å². The summed E-state index contributed by atoms with van der Waals surface area (Å²) in [4.78, 5) is 0. The van der Waals surface area contributed by atoms with Crippen LogP contribution >= 0.6 is 0 Å². The summed E-state index contributed by atoms with van der Waals surface area (Å²) in [6.07, 6.45) is -12.6. The Kier molecular flexibility index (Phi) is 3.44. The molecule has 2 nitrogen and oxygen atoms in total. The molecule has 1 aromatic rings. The third-order valence-corrected chi connectivity index (χ3v) is 2.32. The zero-order valence-electron chi connectivity index (χ0n) is 8.70. The van der Waals surface area contributed by atoms with E-state index in [0.717, 1.165) is 0 Å². The van der Waals surface area contributed by atoms with Crippen molar-refractivity contribution in [1.29, 1.82) is 0 Å². The fourth-order valence-corrected chi connectivity index (χ4v) is 1.31. The summed E-state index contributed by atoms with van der Waals surface area (Å²) in [5.74, 6) is -4.62. The van der Waals surface area contributed by atoms with Gasteiger partial charge in [0.05, 0.1) is 5.69 Å². The van der Waals surface area contributed by atoms with E-state index < -0.39 is 40.8 Å². The van der Waals surface area contributed by atoms with Gasteiger partial charge < -0.3 is 10.8 Å². The maximum atomic E-state index is 13.2. The van der Waals surface area contributed by atoms with Crippen LogP contribution in [0.3, 0.4) is 0 Å². The standard InChI is InChI=1S/C9H5F8NO/c10-5-3(1-2-4(18)6(5)11)7(19,8(12,13)14)9(15,16)17/h1-2,19H,18H2. The quantitative estimate of drug-likeness (QED) is 0.618. The number of hydrogen-bond acceptors (Lipinski definition) is 2. The van der Waals surface area contributed by atoms with Crippen molar-refractivity contribution in [2.45, 2.75) is 18.0 Å². The van der Waals surface area contributed by atoms with Crippen LogP contribution in [0.4, 0.5) is 40.8 Å². The van der Waals surface area contributed by atoms with Crippen LogP contribution in [-0.4, -0.2) is 17.5 Å². The molecule has 0 amide bonds. The summed E-state index contributed by atoms with van der Waals surface area (Å²) in [6.45, 7) is 0. The second-order valence-corrected chi connectivity index (χ2v) is 3.54. The molecule has 0 aromatic heterocycles. The Morgan fingerprint density at radius 1 is 0.842 bits per heavy atom. The summed E-state index contributed by atoms with van der Waals surface area (Å²) in [7, 11) is 0. The molecule has 0 bridgehead atoms. The van der Waals surface area contributed by atoms with Crippen molar-refractivity contribution in [3.63, 3.8) is 0 Å². The Balaban J connectivity index is 3.67. The topological polar surface area (TPSA) is 46.2 Å². The Morgan fingerprint density at radius 3 is 1.63 bits per heavy atom. The first-order chi connectivity index (χ1) is 8.34. The Hall–Kier alpha value is -1.58. The number of alkyl halides is 6. The van der Waals surface area contributed by atoms with Crippen molar-refractivity contribution in [1.82, 2.24) is 0 Å². The van der Waals surface area contributed by atoms with Gasteiger partial charge in [-0.15, -0.1) is 0 Å². The van der Waals surface area contributed by atoms with Crippen molar-refractivity contribution < 1.29 is 40.2 Å². The molecule has 1 rings (SSSR count). The van der Waals surface area contributed by atoms with E-state index in [-0.39, 0.29) is 12.1 Å². The monoisotopic (exact) mass is 295 g/mol. The molecule has 0 aliphatic rings. The van der Waals surface area contributed by atoms with Crippen LogP contribution in [0.25, 0.3) is 0 Å². The third-order valence-electron chi connectivity index (χ3n) is 2.32. The fraction of sp³-hybridized carbons (Fsp3) is 0.333. The summed E-state index contributed by atoms with van der Waals surface area (Å²) in [5, 5.41) is 8.85. The molecule has 0 heterocycles. The van der Waals surface area contributed by atoms with Crippen LogP contribution in [0.5, 0.6) is 0 Å². The smallest absolute Gasteiger partial charge is 0.396 e. The SMILES string of the molecule is Nc1ccc(C(O)(C(F)(F)F)C(F)(F)F)c(F)c1F. The van der Waals surface area contributed by atoms with E-state index in [1.807, 2.05) is 0 Å². The molecule has 0 radical (unpaired) electrons. The van der Waals surface area contributed by atoms with Gasteiger partial charge in [0.2, 0.25) is 0 Å². The number of nitrogen functional groups attached to an aromatic ring is 1. The van der Waals surface area contributed by atoms with Crippen LogP contribution in [0, 0.1) is 11.6 Å². The second kappa shape index (κ2) is 4.22. The molecule has 19 heavy (non-hydrogen) atoms. The Labute approximate surface area is 100.0 Å². The fourth-order valence-electron chi connectivity index (χ4n) is 1.31. The first kappa shape index (κ1) is 15.5. The number of rotatable bonds is 1. The highest BCUT2D eigenvalue weighted by molar-refractivity contribution is 5.44. The number of hydrogen-bond donors (Lipinski definition) is 2. The van der Waals surface area contributed by atoms with E-state index in [1.54, 1.807) is 0 Å². The lowest BCUT2D eigenvalue weighted by molar-refractivity contribution is -0.377. The number of benzene rings is 1. The van der Waals surface area contributed by atoms with Gasteiger partial charge in [0.25, 0.3) is 5.60 Å². The van der Waals surface area contributed by atoms with Gasteiger partial charge in [-0.05, 0) is 6.07 Å². The average molecular weight is 295 g/mol. The molecule has 1 aromatic carbocycles. The minimum absolute atomic E-state index is 0.0747. The van der Waals surface area contributed by atoms with Crippen molar-refractivity contribution in [3.05, 3.63) is 29.3 Å². The zero-order valence-corrected chi connectivity index (χ0v) is 8.70. The van der Waals surface area contributed by atoms with Crippen LogP contribution in [0.15, 0.2) is 12.1 Å². The van der Waals surface area contributed by atoms with E-state index in [4.69, 9.17) is 10.8 Å².